The van der Waals surface area contributed by atoms with Crippen molar-refractivity contribution < 1.29 is 19.7 Å². The number of nitrogens with zero attached hydrogens (tertiary/aromatic N) is 4. The van der Waals surface area contributed by atoms with Gasteiger partial charge in [-0.25, -0.2) is 9.48 Å². The van der Waals surface area contributed by atoms with E-state index in [0.29, 0.717) is 17.0 Å². The molecular formula is C14H19N5O4. The van der Waals surface area contributed by atoms with Crippen LogP contribution in [0.15, 0.2) is 18.2 Å². The summed E-state index contributed by atoms with van der Waals surface area (Å²) in [7, 11) is 0. The maximum atomic E-state index is 11.3. The molecule has 124 valence electrons. The van der Waals surface area contributed by atoms with Gasteiger partial charge in [0.05, 0.1) is 17.9 Å². The van der Waals surface area contributed by atoms with Gasteiger partial charge in [0.15, 0.2) is 11.9 Å². The topological polar surface area (TPSA) is 136 Å². The maximum Gasteiger partial charge on any atom is 0.331 e. The van der Waals surface area contributed by atoms with Gasteiger partial charge in [-0.2, -0.15) is 0 Å². The van der Waals surface area contributed by atoms with Crippen LogP contribution in [-0.2, 0) is 4.79 Å². The summed E-state index contributed by atoms with van der Waals surface area (Å²) in [6, 6.07) is 3.65. The Morgan fingerprint density at radius 3 is 2.57 bits per heavy atom. The number of aliphatic hydroxyl groups excluding tert-OH is 1. The molecule has 1 aromatic heterocycles. The van der Waals surface area contributed by atoms with Crippen molar-refractivity contribution in [2.45, 2.75) is 39.0 Å². The van der Waals surface area contributed by atoms with Crippen molar-refractivity contribution in [2.24, 2.45) is 0 Å². The van der Waals surface area contributed by atoms with Gasteiger partial charge in [-0.3, -0.25) is 0 Å². The molecule has 2 rings (SSSR count). The summed E-state index contributed by atoms with van der Waals surface area (Å²) in [5.74, 6) is -0.518. The van der Waals surface area contributed by atoms with Crippen molar-refractivity contribution in [2.75, 3.05) is 5.73 Å². The quantitative estimate of drug-likeness (QED) is 0.662. The van der Waals surface area contributed by atoms with Gasteiger partial charge in [-0.05, 0) is 49.4 Å². The fraction of sp³-hybridized carbons (Fsp3) is 0.429. The van der Waals surface area contributed by atoms with Gasteiger partial charge in [0.25, 0.3) is 0 Å². The van der Waals surface area contributed by atoms with Gasteiger partial charge in [-0.15, -0.1) is 5.10 Å². The number of carboxylic acid groups (broad SMARTS) is 1. The fourth-order valence-corrected chi connectivity index (χ4v) is 2.14. The Morgan fingerprint density at radius 1 is 1.35 bits per heavy atom. The molecule has 0 aliphatic carbocycles. The van der Waals surface area contributed by atoms with E-state index in [1.165, 1.54) is 6.92 Å². The predicted molar refractivity (Wildman–Crippen MR) is 81.8 cm³/mol. The van der Waals surface area contributed by atoms with Gasteiger partial charge in [0.1, 0.15) is 5.75 Å². The van der Waals surface area contributed by atoms with Crippen LogP contribution in [0.4, 0.5) is 5.69 Å². The lowest BCUT2D eigenvalue weighted by molar-refractivity contribution is -0.144. The number of ether oxygens (including phenoxy) is 1. The van der Waals surface area contributed by atoms with Gasteiger partial charge < -0.3 is 20.7 Å². The molecule has 23 heavy (non-hydrogen) atoms. The predicted octanol–water partition coefficient (Wildman–Crippen LogP) is 0.716. The molecule has 0 saturated heterocycles. The molecule has 0 bridgehead atoms. The van der Waals surface area contributed by atoms with Gasteiger partial charge in [0, 0.05) is 5.56 Å². The molecule has 0 radical (unpaired) electrons. The van der Waals surface area contributed by atoms with Crippen molar-refractivity contribution in [1.29, 1.82) is 0 Å². The number of hydrogen-bond acceptors (Lipinski definition) is 7. The van der Waals surface area contributed by atoms with Crippen LogP contribution in [0.2, 0.25) is 0 Å². The van der Waals surface area contributed by atoms with Crippen LogP contribution in [0.1, 0.15) is 26.8 Å². The zero-order chi connectivity index (χ0) is 17.1. The molecule has 0 amide bonds. The highest BCUT2D eigenvalue weighted by Crippen LogP contribution is 2.29. The summed E-state index contributed by atoms with van der Waals surface area (Å²) >= 11 is 0. The molecule has 0 aliphatic heterocycles. The second-order valence-electron chi connectivity index (χ2n) is 5.39. The number of aliphatic hydroxyl groups is 1. The van der Waals surface area contributed by atoms with Gasteiger partial charge in [-0.1, -0.05) is 0 Å². The first-order valence-corrected chi connectivity index (χ1v) is 7.06. The molecule has 9 nitrogen and oxygen atoms in total. The second kappa shape index (κ2) is 6.61. The van der Waals surface area contributed by atoms with Crippen LogP contribution in [0.25, 0.3) is 11.4 Å². The van der Waals surface area contributed by atoms with E-state index in [4.69, 9.17) is 10.5 Å². The Balaban J connectivity index is 2.42. The Morgan fingerprint density at radius 2 is 2.04 bits per heavy atom. The number of benzene rings is 1. The first kappa shape index (κ1) is 16.7. The number of carbonyl (C=O) groups is 1. The maximum absolute atomic E-state index is 11.3. The molecule has 0 fully saturated rings. The normalized spacial score (nSPS) is 13.8. The number of hydrogen-bond donors (Lipinski definition) is 3. The molecule has 2 atom stereocenters. The van der Waals surface area contributed by atoms with E-state index in [0.717, 1.165) is 4.68 Å². The molecular weight excluding hydrogens is 302 g/mol. The number of carboxylic acids is 1. The van der Waals surface area contributed by atoms with Crippen LogP contribution in [0.3, 0.4) is 0 Å². The van der Waals surface area contributed by atoms with Crippen LogP contribution in [0, 0.1) is 0 Å². The number of aromatic nitrogens is 4. The van der Waals surface area contributed by atoms with E-state index < -0.39 is 18.1 Å². The molecule has 9 heteroatoms. The van der Waals surface area contributed by atoms with E-state index in [2.05, 4.69) is 15.5 Å². The SMILES string of the molecule is CC(C)Oc1ccc(-c2nnnn2C(C(=O)O)C(C)O)cc1N. The average molecular weight is 321 g/mol. The van der Waals surface area contributed by atoms with Crippen LogP contribution >= 0.6 is 0 Å². The third-order valence-corrected chi connectivity index (χ3v) is 3.10. The lowest BCUT2D eigenvalue weighted by atomic mass is 10.1. The van der Waals surface area contributed by atoms with Crippen LogP contribution < -0.4 is 10.5 Å². The summed E-state index contributed by atoms with van der Waals surface area (Å²) in [4.78, 5) is 11.3. The van der Waals surface area contributed by atoms with Crippen LogP contribution in [-0.4, -0.2) is 48.6 Å². The molecule has 1 heterocycles. The number of tetrazole rings is 1. The fourth-order valence-electron chi connectivity index (χ4n) is 2.14. The molecule has 2 unspecified atom stereocenters. The van der Waals surface area contributed by atoms with Crippen LogP contribution in [0.5, 0.6) is 5.75 Å². The minimum Gasteiger partial charge on any atom is -0.489 e. The Hall–Kier alpha value is -2.68. The van der Waals surface area contributed by atoms with Crippen molar-refractivity contribution in [3.8, 4) is 17.1 Å². The number of aliphatic carboxylic acids is 1. The van der Waals surface area contributed by atoms with E-state index in [9.17, 15) is 15.0 Å². The van der Waals surface area contributed by atoms with Gasteiger partial charge >= 0.3 is 5.97 Å². The zero-order valence-corrected chi connectivity index (χ0v) is 13.0. The smallest absolute Gasteiger partial charge is 0.331 e. The first-order valence-electron chi connectivity index (χ1n) is 7.06. The summed E-state index contributed by atoms with van der Waals surface area (Å²) in [6.45, 7) is 5.13. The minimum absolute atomic E-state index is 0.0277. The average Bonchev–Trinajstić information content (AvgIpc) is 2.88. The van der Waals surface area contributed by atoms with Crippen molar-refractivity contribution in [3.63, 3.8) is 0 Å². The summed E-state index contributed by atoms with van der Waals surface area (Å²) in [5, 5.41) is 30.0. The zero-order valence-electron chi connectivity index (χ0n) is 13.0. The highest BCUT2D eigenvalue weighted by atomic mass is 16.5. The molecule has 0 saturated carbocycles. The Kier molecular flexibility index (Phi) is 4.80. The van der Waals surface area contributed by atoms with Crippen molar-refractivity contribution in [3.05, 3.63) is 18.2 Å². The summed E-state index contributed by atoms with van der Waals surface area (Å²) in [6.07, 6.45) is -1.20. The van der Waals surface area contributed by atoms with E-state index in [-0.39, 0.29) is 11.9 Å². The number of anilines is 1. The molecule has 2 aromatic rings. The molecule has 0 spiro atoms. The number of nitrogen functional groups attached to an aromatic ring is 1. The Labute approximate surface area is 132 Å². The van der Waals surface area contributed by atoms with E-state index >= 15 is 0 Å². The largest absolute Gasteiger partial charge is 0.489 e. The summed E-state index contributed by atoms with van der Waals surface area (Å²) < 4.78 is 6.61. The lowest BCUT2D eigenvalue weighted by Crippen LogP contribution is -2.30. The van der Waals surface area contributed by atoms with Crippen molar-refractivity contribution in [1.82, 2.24) is 20.2 Å². The van der Waals surface area contributed by atoms with E-state index in [1.807, 2.05) is 13.8 Å². The standard InChI is InChI=1S/C14H19N5O4/c1-7(2)23-11-5-4-9(6-10(11)15)13-16-17-18-19(13)12(8(3)20)14(21)22/h4-8,12,20H,15H2,1-3H3,(H,21,22). The minimum atomic E-state index is -1.30. The molecule has 4 N–H and O–H groups in total. The molecule has 1 aromatic carbocycles. The summed E-state index contributed by atoms with van der Waals surface area (Å²) in [5.41, 5.74) is 6.86. The molecule has 0 aliphatic rings. The number of rotatable bonds is 6. The highest BCUT2D eigenvalue weighted by Gasteiger charge is 2.29. The Bertz CT molecular complexity index is 698. The van der Waals surface area contributed by atoms with Crippen molar-refractivity contribution >= 4 is 11.7 Å². The third kappa shape index (κ3) is 3.57. The van der Waals surface area contributed by atoms with E-state index in [1.54, 1.807) is 18.2 Å². The number of nitrogens with two attached hydrogens (primary N) is 1. The monoisotopic (exact) mass is 321 g/mol. The third-order valence-electron chi connectivity index (χ3n) is 3.10. The second-order valence-corrected chi connectivity index (χ2v) is 5.39. The lowest BCUT2D eigenvalue weighted by Gasteiger charge is -2.17. The van der Waals surface area contributed by atoms with Gasteiger partial charge in [0.2, 0.25) is 0 Å². The highest BCUT2D eigenvalue weighted by molar-refractivity contribution is 5.74. The first-order chi connectivity index (χ1) is 10.8.